The van der Waals surface area contributed by atoms with Gasteiger partial charge in [-0.3, -0.25) is 4.79 Å². The highest BCUT2D eigenvalue weighted by Crippen LogP contribution is 2.68. The van der Waals surface area contributed by atoms with Crippen molar-refractivity contribution in [1.82, 2.24) is 0 Å². The predicted molar refractivity (Wildman–Crippen MR) is 98.2 cm³/mol. The van der Waals surface area contributed by atoms with E-state index in [1.807, 2.05) is 6.07 Å². The second kappa shape index (κ2) is 5.02. The quantitative estimate of drug-likeness (QED) is 0.560. The van der Waals surface area contributed by atoms with Crippen molar-refractivity contribution in [3.8, 4) is 11.5 Å². The lowest BCUT2D eigenvalue weighted by molar-refractivity contribution is -0.0982. The van der Waals surface area contributed by atoms with Gasteiger partial charge in [0.25, 0.3) is 0 Å². The molecule has 1 aromatic carbocycles. The molecule has 0 amide bonds. The van der Waals surface area contributed by atoms with Crippen molar-refractivity contribution in [3.63, 3.8) is 0 Å². The fourth-order valence-corrected chi connectivity index (χ4v) is 7.16. The van der Waals surface area contributed by atoms with Gasteiger partial charge in [0.1, 0.15) is 0 Å². The lowest BCUT2D eigenvalue weighted by Crippen LogP contribution is -2.55. The third kappa shape index (κ3) is 2.01. The van der Waals surface area contributed by atoms with Crippen LogP contribution in [0, 0.1) is 22.7 Å². The third-order valence-electron chi connectivity index (χ3n) is 8.35. The normalized spacial score (nSPS) is 38.6. The van der Waals surface area contributed by atoms with Crippen molar-refractivity contribution < 1.29 is 15.0 Å². The van der Waals surface area contributed by atoms with Crippen LogP contribution < -0.4 is 0 Å². The first-order chi connectivity index (χ1) is 11.6. The molecular weight excluding hydrogens is 312 g/mol. The van der Waals surface area contributed by atoms with Gasteiger partial charge >= 0.3 is 0 Å². The van der Waals surface area contributed by atoms with Gasteiger partial charge < -0.3 is 10.2 Å². The first-order valence-electron chi connectivity index (χ1n) is 9.68. The summed E-state index contributed by atoms with van der Waals surface area (Å²) in [7, 11) is 0. The van der Waals surface area contributed by atoms with Crippen LogP contribution >= 0.6 is 0 Å². The highest BCUT2D eigenvalue weighted by molar-refractivity contribution is 5.83. The maximum Gasteiger partial charge on any atom is 0.168 e. The molecule has 0 spiro atoms. The Morgan fingerprint density at radius 1 is 1.04 bits per heavy atom. The fraction of sp³-hybridized carbons (Fsp3) is 0.682. The summed E-state index contributed by atoms with van der Waals surface area (Å²) in [6, 6.07) is 1.84. The Kier molecular flexibility index (Phi) is 3.40. The first-order valence-corrected chi connectivity index (χ1v) is 9.68. The van der Waals surface area contributed by atoms with Gasteiger partial charge in [-0.2, -0.15) is 0 Å². The van der Waals surface area contributed by atoms with Crippen molar-refractivity contribution in [1.29, 1.82) is 0 Å². The second-order valence-electron chi connectivity index (χ2n) is 9.92. The molecule has 25 heavy (non-hydrogen) atoms. The number of carbonyl (C=O) groups excluding carboxylic acids is 1. The van der Waals surface area contributed by atoms with Crippen LogP contribution in [0.25, 0.3) is 0 Å². The standard InChI is InChI=1S/C22H30O3/c1-20(2)7-5-8-22(4)16(20)6-9-21(3)15-10-13(12-23)18(24)19(25)14(15)11-17(21)22/h10,12,16-17,24-25H,5-9,11H2,1-4H3/t16-,17-,21-,22-/m0/s1. The number of benzene rings is 1. The average Bonchev–Trinajstić information content (AvgIpc) is 2.84. The number of carbonyl (C=O) groups is 1. The molecule has 0 aromatic heterocycles. The largest absolute Gasteiger partial charge is 0.504 e. The van der Waals surface area contributed by atoms with E-state index in [9.17, 15) is 15.0 Å². The van der Waals surface area contributed by atoms with Crippen molar-refractivity contribution in [3.05, 3.63) is 22.8 Å². The minimum Gasteiger partial charge on any atom is -0.504 e. The van der Waals surface area contributed by atoms with Crippen LogP contribution in [0.3, 0.4) is 0 Å². The van der Waals surface area contributed by atoms with E-state index in [2.05, 4.69) is 27.7 Å². The van der Waals surface area contributed by atoms with E-state index in [4.69, 9.17) is 0 Å². The van der Waals surface area contributed by atoms with E-state index in [-0.39, 0.29) is 27.9 Å². The molecule has 2 fully saturated rings. The molecule has 0 aliphatic heterocycles. The number of aromatic hydroxyl groups is 2. The van der Waals surface area contributed by atoms with Gasteiger partial charge in [0.05, 0.1) is 5.56 Å². The number of phenols is 2. The summed E-state index contributed by atoms with van der Waals surface area (Å²) < 4.78 is 0. The second-order valence-corrected chi connectivity index (χ2v) is 9.92. The minimum absolute atomic E-state index is 0.0169. The van der Waals surface area contributed by atoms with Crippen molar-refractivity contribution in [2.45, 2.75) is 71.6 Å². The van der Waals surface area contributed by atoms with Gasteiger partial charge in [0.2, 0.25) is 0 Å². The Labute approximate surface area is 150 Å². The molecule has 4 rings (SSSR count). The van der Waals surface area contributed by atoms with Gasteiger partial charge in [-0.1, -0.05) is 34.1 Å². The molecule has 3 aliphatic rings. The van der Waals surface area contributed by atoms with E-state index in [0.717, 1.165) is 24.0 Å². The predicted octanol–water partition coefficient (Wildman–Crippen LogP) is 4.97. The minimum atomic E-state index is -0.248. The Hall–Kier alpha value is -1.51. The zero-order valence-corrected chi connectivity index (χ0v) is 15.9. The van der Waals surface area contributed by atoms with Crippen LogP contribution in [-0.2, 0) is 11.8 Å². The highest BCUT2D eigenvalue weighted by atomic mass is 16.3. The molecule has 2 N–H and O–H groups in total. The maximum atomic E-state index is 11.3. The Morgan fingerprint density at radius 2 is 1.76 bits per heavy atom. The summed E-state index contributed by atoms with van der Waals surface area (Å²) in [5, 5.41) is 20.7. The first kappa shape index (κ1) is 16.9. The molecular formula is C22H30O3. The molecule has 0 radical (unpaired) electrons. The summed E-state index contributed by atoms with van der Waals surface area (Å²) in [5.74, 6) is 0.843. The number of rotatable bonds is 1. The van der Waals surface area contributed by atoms with Crippen LogP contribution in [0.1, 0.15) is 81.3 Å². The summed E-state index contributed by atoms with van der Waals surface area (Å²) in [5.41, 5.74) is 2.78. The molecule has 0 saturated heterocycles. The zero-order chi connectivity index (χ0) is 18.2. The van der Waals surface area contributed by atoms with Crippen LogP contribution in [0.15, 0.2) is 6.07 Å². The van der Waals surface area contributed by atoms with Crippen molar-refractivity contribution in [2.75, 3.05) is 0 Å². The maximum absolute atomic E-state index is 11.3. The number of fused-ring (bicyclic) bond motifs is 5. The van der Waals surface area contributed by atoms with Gasteiger partial charge in [-0.05, 0) is 71.8 Å². The Balaban J connectivity index is 1.86. The molecule has 3 nitrogen and oxygen atoms in total. The summed E-state index contributed by atoms with van der Waals surface area (Å²) in [4.78, 5) is 11.3. The van der Waals surface area contributed by atoms with Gasteiger partial charge in [0, 0.05) is 5.56 Å². The van der Waals surface area contributed by atoms with E-state index < -0.39 is 0 Å². The van der Waals surface area contributed by atoms with E-state index in [1.54, 1.807) is 0 Å². The highest BCUT2D eigenvalue weighted by Gasteiger charge is 2.61. The summed E-state index contributed by atoms with van der Waals surface area (Å²) in [6.45, 7) is 9.63. The topological polar surface area (TPSA) is 57.5 Å². The van der Waals surface area contributed by atoms with Crippen LogP contribution in [0.2, 0.25) is 0 Å². The van der Waals surface area contributed by atoms with Gasteiger partial charge in [-0.25, -0.2) is 0 Å². The molecule has 4 atom stereocenters. The lowest BCUT2D eigenvalue weighted by atomic mass is 9.43. The summed E-state index contributed by atoms with van der Waals surface area (Å²) >= 11 is 0. The molecule has 2 saturated carbocycles. The molecule has 0 unspecified atom stereocenters. The SMILES string of the molecule is CC1(C)CCC[C@]2(C)[C@H]3Cc4c(cc(C=O)c(O)c4O)[C@]3(C)CC[C@@H]12. The van der Waals surface area contributed by atoms with Crippen molar-refractivity contribution in [2.24, 2.45) is 22.7 Å². The Bertz CT molecular complexity index is 750. The van der Waals surface area contributed by atoms with Crippen molar-refractivity contribution >= 4 is 6.29 Å². The number of hydrogen-bond donors (Lipinski definition) is 2. The van der Waals surface area contributed by atoms with E-state index in [1.165, 1.54) is 25.7 Å². The van der Waals surface area contributed by atoms with Crippen LogP contribution in [0.5, 0.6) is 11.5 Å². The monoisotopic (exact) mass is 342 g/mol. The lowest BCUT2D eigenvalue weighted by Gasteiger charge is -2.61. The Morgan fingerprint density at radius 3 is 2.44 bits per heavy atom. The number of phenolic OH excluding ortho intramolecular Hbond substituents is 2. The van der Waals surface area contributed by atoms with Crippen LogP contribution in [0.4, 0.5) is 0 Å². The molecule has 3 aliphatic carbocycles. The average molecular weight is 342 g/mol. The van der Waals surface area contributed by atoms with Crippen LogP contribution in [-0.4, -0.2) is 16.5 Å². The number of hydrogen-bond acceptors (Lipinski definition) is 3. The molecule has 0 bridgehead atoms. The fourth-order valence-electron chi connectivity index (χ4n) is 7.16. The van der Waals surface area contributed by atoms with Gasteiger partial charge in [-0.15, -0.1) is 0 Å². The summed E-state index contributed by atoms with van der Waals surface area (Å²) in [6.07, 6.45) is 7.56. The number of aldehydes is 1. The van der Waals surface area contributed by atoms with Gasteiger partial charge in [0.15, 0.2) is 17.8 Å². The smallest absolute Gasteiger partial charge is 0.168 e. The molecule has 3 heteroatoms. The molecule has 136 valence electrons. The third-order valence-corrected chi connectivity index (χ3v) is 8.35. The van der Waals surface area contributed by atoms with E-state index in [0.29, 0.717) is 23.5 Å². The zero-order valence-electron chi connectivity index (χ0n) is 15.9. The molecule has 1 aromatic rings. The molecule has 0 heterocycles. The van der Waals surface area contributed by atoms with E-state index >= 15 is 0 Å².